The van der Waals surface area contributed by atoms with E-state index in [0.29, 0.717) is 37.3 Å². The Morgan fingerprint density at radius 1 is 0.939 bits per heavy atom. The molecule has 1 aromatic heterocycles. The van der Waals surface area contributed by atoms with E-state index in [9.17, 15) is 0 Å². The van der Waals surface area contributed by atoms with Crippen LogP contribution in [0.5, 0.6) is 17.2 Å². The molecule has 0 atom stereocenters. The lowest BCUT2D eigenvalue weighted by molar-refractivity contribution is 0.171. The average Bonchev–Trinajstić information content (AvgIpc) is 2.84. The summed E-state index contributed by atoms with van der Waals surface area (Å²) >= 11 is 0. The predicted octanol–water partition coefficient (Wildman–Crippen LogP) is 2.30. The van der Waals surface area contributed by atoms with Gasteiger partial charge in [-0.25, -0.2) is 0 Å². The number of nitrogens with zero attached hydrogens (tertiary/aromatic N) is 5. The number of nitrogens with one attached hydrogen (secondary N) is 1. The smallest absolute Gasteiger partial charge is 0.232 e. The topological polar surface area (TPSA) is 111 Å². The summed E-state index contributed by atoms with van der Waals surface area (Å²) in [5.74, 6) is 3.54. The first-order valence-corrected chi connectivity index (χ1v) is 10.9. The summed E-state index contributed by atoms with van der Waals surface area (Å²) in [7, 11) is 1.68. The fourth-order valence-electron chi connectivity index (χ4n) is 3.97. The van der Waals surface area contributed by atoms with Gasteiger partial charge < -0.3 is 30.2 Å². The number of nitrogen functional groups attached to an aromatic ring is 1. The Labute approximate surface area is 192 Å². The largest absolute Gasteiger partial charge is 0.497 e. The molecule has 0 spiro atoms. The summed E-state index contributed by atoms with van der Waals surface area (Å²) in [6.45, 7) is 5.36. The van der Waals surface area contributed by atoms with Crippen LogP contribution in [0.4, 0.5) is 23.3 Å². The minimum Gasteiger partial charge on any atom is -0.497 e. The second-order valence-electron chi connectivity index (χ2n) is 7.88. The highest BCUT2D eigenvalue weighted by molar-refractivity contribution is 5.60. The van der Waals surface area contributed by atoms with Gasteiger partial charge in [0, 0.05) is 43.6 Å². The van der Waals surface area contributed by atoms with Crippen LogP contribution in [0.1, 0.15) is 5.82 Å². The van der Waals surface area contributed by atoms with E-state index in [1.165, 1.54) is 5.69 Å². The van der Waals surface area contributed by atoms with Crippen molar-refractivity contribution in [3.05, 3.63) is 48.3 Å². The molecule has 2 aliphatic heterocycles. The highest BCUT2D eigenvalue weighted by Gasteiger charge is 2.19. The number of hydrogen-bond acceptors (Lipinski definition) is 10. The van der Waals surface area contributed by atoms with E-state index in [1.54, 1.807) is 7.11 Å². The van der Waals surface area contributed by atoms with Crippen molar-refractivity contribution in [1.82, 2.24) is 19.9 Å². The van der Waals surface area contributed by atoms with Crippen molar-refractivity contribution in [3.63, 3.8) is 0 Å². The van der Waals surface area contributed by atoms with E-state index in [1.807, 2.05) is 30.3 Å². The lowest BCUT2D eigenvalue weighted by Gasteiger charge is -2.35. The van der Waals surface area contributed by atoms with Gasteiger partial charge in [-0.2, -0.15) is 15.0 Å². The standard InChI is InChI=1S/C23H27N7O3/c1-31-18-5-3-17(4-6-18)30-10-8-29(9-11-30)15-21-26-22(24)28-23(27-21)25-16-2-7-19-20(14-16)33-13-12-32-19/h2-7,14H,8-13,15H2,1H3,(H3,24,25,26,27,28). The average molecular weight is 450 g/mol. The maximum atomic E-state index is 5.97. The van der Waals surface area contributed by atoms with Crippen molar-refractivity contribution < 1.29 is 14.2 Å². The van der Waals surface area contributed by atoms with Gasteiger partial charge in [-0.15, -0.1) is 0 Å². The molecule has 5 rings (SSSR count). The number of ether oxygens (including phenoxy) is 3. The van der Waals surface area contributed by atoms with Gasteiger partial charge in [0.1, 0.15) is 24.8 Å². The molecule has 3 N–H and O–H groups in total. The van der Waals surface area contributed by atoms with Gasteiger partial charge in [-0.1, -0.05) is 0 Å². The fraction of sp³-hybridized carbons (Fsp3) is 0.348. The number of nitrogens with two attached hydrogens (primary N) is 1. The number of hydrogen-bond donors (Lipinski definition) is 2. The van der Waals surface area contributed by atoms with E-state index in [-0.39, 0.29) is 5.95 Å². The second-order valence-corrected chi connectivity index (χ2v) is 7.88. The summed E-state index contributed by atoms with van der Waals surface area (Å²) in [6.07, 6.45) is 0. The molecule has 0 radical (unpaired) electrons. The van der Waals surface area contributed by atoms with Gasteiger partial charge in [-0.05, 0) is 36.4 Å². The molecule has 1 saturated heterocycles. The van der Waals surface area contributed by atoms with Gasteiger partial charge in [0.2, 0.25) is 11.9 Å². The number of benzene rings is 2. The van der Waals surface area contributed by atoms with Crippen LogP contribution < -0.4 is 30.2 Å². The zero-order valence-electron chi connectivity index (χ0n) is 18.5. The highest BCUT2D eigenvalue weighted by atomic mass is 16.6. The molecule has 10 heteroatoms. The van der Waals surface area contributed by atoms with Crippen molar-refractivity contribution in [1.29, 1.82) is 0 Å². The molecule has 0 amide bonds. The Hall–Kier alpha value is -3.79. The zero-order chi connectivity index (χ0) is 22.6. The number of methoxy groups -OCH3 is 1. The van der Waals surface area contributed by atoms with Gasteiger partial charge in [0.05, 0.1) is 13.7 Å². The first-order valence-electron chi connectivity index (χ1n) is 10.9. The quantitative estimate of drug-likeness (QED) is 0.581. The van der Waals surface area contributed by atoms with Crippen molar-refractivity contribution in [2.45, 2.75) is 6.54 Å². The van der Waals surface area contributed by atoms with Crippen molar-refractivity contribution >= 4 is 23.3 Å². The minimum atomic E-state index is 0.192. The molecule has 33 heavy (non-hydrogen) atoms. The fourth-order valence-corrected chi connectivity index (χ4v) is 3.97. The molecule has 0 saturated carbocycles. The van der Waals surface area contributed by atoms with Crippen LogP contribution in [-0.2, 0) is 6.54 Å². The highest BCUT2D eigenvalue weighted by Crippen LogP contribution is 2.33. The van der Waals surface area contributed by atoms with E-state index < -0.39 is 0 Å². The van der Waals surface area contributed by atoms with Crippen molar-refractivity contribution in [2.75, 3.05) is 62.5 Å². The number of fused-ring (bicyclic) bond motifs is 1. The molecule has 0 bridgehead atoms. The normalized spacial score (nSPS) is 15.8. The molecule has 10 nitrogen and oxygen atoms in total. The van der Waals surface area contributed by atoms with Crippen LogP contribution in [0.3, 0.4) is 0 Å². The number of rotatable bonds is 6. The minimum absolute atomic E-state index is 0.192. The SMILES string of the molecule is COc1ccc(N2CCN(Cc3nc(N)nc(Nc4ccc5c(c4)OCCO5)n3)CC2)cc1. The molecule has 0 unspecified atom stereocenters. The third kappa shape index (κ3) is 5.01. The van der Waals surface area contributed by atoms with Crippen LogP contribution in [-0.4, -0.2) is 66.4 Å². The second kappa shape index (κ2) is 9.37. The monoisotopic (exact) mass is 449 g/mol. The first-order chi connectivity index (χ1) is 16.2. The van der Waals surface area contributed by atoms with E-state index in [4.69, 9.17) is 19.9 Å². The van der Waals surface area contributed by atoms with Crippen molar-refractivity contribution in [2.24, 2.45) is 0 Å². The zero-order valence-corrected chi connectivity index (χ0v) is 18.5. The third-order valence-corrected chi connectivity index (χ3v) is 5.67. The summed E-state index contributed by atoms with van der Waals surface area (Å²) in [6, 6.07) is 13.8. The molecule has 2 aliphatic rings. The molecule has 0 aliphatic carbocycles. The molecule has 3 aromatic rings. The molecule has 1 fully saturated rings. The Morgan fingerprint density at radius 2 is 1.70 bits per heavy atom. The number of anilines is 4. The van der Waals surface area contributed by atoms with E-state index in [2.05, 4.69) is 42.2 Å². The summed E-state index contributed by atoms with van der Waals surface area (Å²) in [5.41, 5.74) is 7.96. The molecule has 3 heterocycles. The third-order valence-electron chi connectivity index (χ3n) is 5.67. The molecular weight excluding hydrogens is 422 g/mol. The van der Waals surface area contributed by atoms with Crippen LogP contribution in [0, 0.1) is 0 Å². The van der Waals surface area contributed by atoms with E-state index in [0.717, 1.165) is 43.4 Å². The van der Waals surface area contributed by atoms with E-state index >= 15 is 0 Å². The Morgan fingerprint density at radius 3 is 2.45 bits per heavy atom. The summed E-state index contributed by atoms with van der Waals surface area (Å²) < 4.78 is 16.5. The lowest BCUT2D eigenvalue weighted by Crippen LogP contribution is -2.46. The number of aromatic nitrogens is 3. The number of piperazine rings is 1. The van der Waals surface area contributed by atoms with Crippen molar-refractivity contribution in [3.8, 4) is 17.2 Å². The molecule has 172 valence electrons. The molecule has 2 aromatic carbocycles. The van der Waals surface area contributed by atoms with Crippen LogP contribution in [0.25, 0.3) is 0 Å². The van der Waals surface area contributed by atoms with Gasteiger partial charge in [0.25, 0.3) is 0 Å². The van der Waals surface area contributed by atoms with Gasteiger partial charge in [-0.3, -0.25) is 4.90 Å². The lowest BCUT2D eigenvalue weighted by atomic mass is 10.2. The summed E-state index contributed by atoms with van der Waals surface area (Å²) in [4.78, 5) is 17.8. The molecular formula is C23H27N7O3. The maximum absolute atomic E-state index is 5.97. The Balaban J connectivity index is 1.21. The first kappa shape index (κ1) is 21.1. The Bertz CT molecular complexity index is 1100. The van der Waals surface area contributed by atoms with Gasteiger partial charge in [0.15, 0.2) is 11.5 Å². The van der Waals surface area contributed by atoms with Gasteiger partial charge >= 0.3 is 0 Å². The summed E-state index contributed by atoms with van der Waals surface area (Å²) in [5, 5.41) is 3.20. The predicted molar refractivity (Wildman–Crippen MR) is 125 cm³/mol. The maximum Gasteiger partial charge on any atom is 0.232 e. The Kier molecular flexibility index (Phi) is 5.99. The van der Waals surface area contributed by atoms with Crippen LogP contribution in [0.15, 0.2) is 42.5 Å². The van der Waals surface area contributed by atoms with Crippen LogP contribution in [0.2, 0.25) is 0 Å². The van der Waals surface area contributed by atoms with Crippen LogP contribution >= 0.6 is 0 Å².